The number of ketones is 1. The summed E-state index contributed by atoms with van der Waals surface area (Å²) < 4.78 is 0. The number of hydrogen-bond acceptors (Lipinski definition) is 6. The average Bonchev–Trinajstić information content (AvgIpc) is 2.98. The second kappa shape index (κ2) is 8.69. The van der Waals surface area contributed by atoms with E-state index in [0.717, 1.165) is 11.1 Å². The fraction of sp³-hybridized carbons (Fsp3) is 0.304. The van der Waals surface area contributed by atoms with Crippen LogP contribution in [0.5, 0.6) is 0 Å². The van der Waals surface area contributed by atoms with Crippen molar-refractivity contribution < 1.29 is 19.6 Å². The number of nitrogens with zero attached hydrogens (tertiary/aromatic N) is 3. The molecule has 1 atom stereocenters. The van der Waals surface area contributed by atoms with Crippen LogP contribution in [-0.4, -0.2) is 58.7 Å². The number of aliphatic hydroxyl groups excluding tert-OH is 1. The molecule has 1 aliphatic rings. The first-order chi connectivity index (χ1) is 14.6. The van der Waals surface area contributed by atoms with Gasteiger partial charge in [-0.2, -0.15) is 0 Å². The van der Waals surface area contributed by atoms with Crippen LogP contribution >= 0.6 is 0 Å². The largest absolute Gasteiger partial charge is 0.507 e. The number of aliphatic hydroxyl groups is 1. The normalized spacial score (nSPS) is 18.1. The smallest absolute Gasteiger partial charge is 0.295 e. The van der Waals surface area contributed by atoms with E-state index >= 15 is 0 Å². The second-order valence-corrected chi connectivity index (χ2v) is 7.96. The lowest BCUT2D eigenvalue weighted by Gasteiger charge is -2.26. The minimum atomic E-state index is -0.833. The maximum atomic E-state index is 13.0. The number of carbonyl (C=O) groups excluding carboxylic acids is 2. The molecule has 0 spiro atoms. The number of rotatable bonds is 6. The van der Waals surface area contributed by atoms with E-state index in [-0.39, 0.29) is 23.6 Å². The molecule has 0 saturated carbocycles. The van der Waals surface area contributed by atoms with Crippen molar-refractivity contribution in [2.75, 3.05) is 27.2 Å². The van der Waals surface area contributed by atoms with Gasteiger partial charge in [-0.3, -0.25) is 19.7 Å². The van der Waals surface area contributed by atoms with Gasteiger partial charge in [0.1, 0.15) is 5.76 Å². The Bertz CT molecular complexity index is 1070. The monoisotopic (exact) mass is 423 g/mol. The number of nitro benzene ring substituents is 1. The second-order valence-electron chi connectivity index (χ2n) is 7.96. The molecular weight excluding hydrogens is 398 g/mol. The number of non-ortho nitro benzene ring substituents is 1. The van der Waals surface area contributed by atoms with Crippen molar-refractivity contribution >= 4 is 23.1 Å². The van der Waals surface area contributed by atoms with Crippen LogP contribution in [0.4, 0.5) is 5.69 Å². The van der Waals surface area contributed by atoms with E-state index in [1.807, 2.05) is 45.0 Å². The van der Waals surface area contributed by atoms with Gasteiger partial charge in [-0.05, 0) is 57.3 Å². The molecular formula is C23H25N3O5. The number of likely N-dealkylation sites (tertiary alicyclic amines) is 1. The first kappa shape index (κ1) is 22.2. The molecule has 2 aromatic carbocycles. The Kier molecular flexibility index (Phi) is 6.21. The third kappa shape index (κ3) is 4.34. The Morgan fingerprint density at radius 3 is 2.35 bits per heavy atom. The summed E-state index contributed by atoms with van der Waals surface area (Å²) >= 11 is 0. The summed E-state index contributed by atoms with van der Waals surface area (Å²) in [5.41, 5.74) is 2.58. The number of benzene rings is 2. The first-order valence-electron chi connectivity index (χ1n) is 9.87. The molecule has 8 heteroatoms. The van der Waals surface area contributed by atoms with E-state index < -0.39 is 22.7 Å². The number of aryl methyl sites for hydroxylation is 2. The first-order valence-corrected chi connectivity index (χ1v) is 9.87. The maximum absolute atomic E-state index is 13.0. The van der Waals surface area contributed by atoms with Crippen molar-refractivity contribution in [1.29, 1.82) is 0 Å². The maximum Gasteiger partial charge on any atom is 0.295 e. The third-order valence-corrected chi connectivity index (χ3v) is 5.40. The molecule has 1 heterocycles. The van der Waals surface area contributed by atoms with Crippen LogP contribution < -0.4 is 0 Å². The lowest BCUT2D eigenvalue weighted by Crippen LogP contribution is -2.35. The van der Waals surface area contributed by atoms with E-state index in [9.17, 15) is 24.8 Å². The molecule has 0 bridgehead atoms. The van der Waals surface area contributed by atoms with Crippen LogP contribution in [0.3, 0.4) is 0 Å². The minimum Gasteiger partial charge on any atom is -0.507 e. The third-order valence-electron chi connectivity index (χ3n) is 5.40. The number of likely N-dealkylation sites (N-methyl/N-ethyl adjacent to an activating group) is 1. The van der Waals surface area contributed by atoms with Crippen LogP contribution in [0, 0.1) is 24.0 Å². The fourth-order valence-electron chi connectivity index (χ4n) is 3.68. The molecule has 1 saturated heterocycles. The van der Waals surface area contributed by atoms with Gasteiger partial charge in [0.05, 0.1) is 16.5 Å². The van der Waals surface area contributed by atoms with Crippen LogP contribution in [0.25, 0.3) is 5.76 Å². The fourth-order valence-corrected chi connectivity index (χ4v) is 3.68. The molecule has 3 rings (SSSR count). The Morgan fingerprint density at radius 1 is 1.13 bits per heavy atom. The number of nitro groups is 1. The van der Waals surface area contributed by atoms with Crippen LogP contribution in [0.2, 0.25) is 0 Å². The SMILES string of the molecule is Cc1ccc(C)c(C(O)=C2C(=O)C(=O)N(CCN(C)C)C2c2ccc([N+](=O)[O-])cc2)c1. The van der Waals surface area contributed by atoms with Gasteiger partial charge >= 0.3 is 0 Å². The van der Waals surface area contributed by atoms with E-state index in [1.54, 1.807) is 6.07 Å². The molecule has 2 aromatic rings. The summed E-state index contributed by atoms with van der Waals surface area (Å²) in [4.78, 5) is 39.7. The molecule has 1 amide bonds. The average molecular weight is 423 g/mol. The number of amides is 1. The Hall–Kier alpha value is -3.52. The zero-order chi connectivity index (χ0) is 22.9. The molecule has 8 nitrogen and oxygen atoms in total. The number of carbonyl (C=O) groups is 2. The van der Waals surface area contributed by atoms with E-state index in [1.165, 1.54) is 29.2 Å². The van der Waals surface area contributed by atoms with Crippen molar-refractivity contribution in [2.45, 2.75) is 19.9 Å². The summed E-state index contributed by atoms with van der Waals surface area (Å²) in [6, 6.07) is 10.4. The van der Waals surface area contributed by atoms with Gasteiger partial charge in [-0.25, -0.2) is 0 Å². The molecule has 31 heavy (non-hydrogen) atoms. The van der Waals surface area contributed by atoms with Crippen molar-refractivity contribution in [3.8, 4) is 0 Å². The molecule has 1 fully saturated rings. The zero-order valence-electron chi connectivity index (χ0n) is 18.0. The van der Waals surface area contributed by atoms with Gasteiger partial charge < -0.3 is 14.9 Å². The highest BCUT2D eigenvalue weighted by Gasteiger charge is 2.46. The lowest BCUT2D eigenvalue weighted by atomic mass is 9.93. The molecule has 162 valence electrons. The van der Waals surface area contributed by atoms with Crippen molar-refractivity contribution in [3.05, 3.63) is 80.4 Å². The standard InChI is InChI=1S/C23H25N3O5/c1-14-5-6-15(2)18(13-14)21(27)19-20(16-7-9-17(10-8-16)26(30)31)25(12-11-24(3)4)23(29)22(19)28/h5-10,13,20,27H,11-12H2,1-4H3. The van der Waals surface area contributed by atoms with Gasteiger partial charge in [0.15, 0.2) is 0 Å². The highest BCUT2D eigenvalue weighted by Crippen LogP contribution is 2.40. The molecule has 1 N–H and O–H groups in total. The highest BCUT2D eigenvalue weighted by atomic mass is 16.6. The summed E-state index contributed by atoms with van der Waals surface area (Å²) in [5.74, 6) is -1.70. The Labute approximate surface area is 180 Å². The molecule has 0 radical (unpaired) electrons. The number of Topliss-reactive ketones (excluding diaryl/α,β-unsaturated/α-hetero) is 1. The minimum absolute atomic E-state index is 0.00805. The summed E-state index contributed by atoms with van der Waals surface area (Å²) in [6.07, 6.45) is 0. The van der Waals surface area contributed by atoms with E-state index in [0.29, 0.717) is 17.7 Å². The van der Waals surface area contributed by atoms with Crippen molar-refractivity contribution in [2.24, 2.45) is 0 Å². The zero-order valence-corrected chi connectivity index (χ0v) is 18.0. The van der Waals surface area contributed by atoms with Crippen LogP contribution in [-0.2, 0) is 9.59 Å². The van der Waals surface area contributed by atoms with Gasteiger partial charge in [-0.15, -0.1) is 0 Å². The molecule has 1 aliphatic heterocycles. The van der Waals surface area contributed by atoms with Crippen LogP contribution in [0.1, 0.15) is 28.3 Å². The predicted molar refractivity (Wildman–Crippen MR) is 117 cm³/mol. The van der Waals surface area contributed by atoms with Crippen molar-refractivity contribution in [3.63, 3.8) is 0 Å². The number of hydrogen-bond donors (Lipinski definition) is 1. The van der Waals surface area contributed by atoms with Gasteiger partial charge in [0.2, 0.25) is 0 Å². The lowest BCUT2D eigenvalue weighted by molar-refractivity contribution is -0.384. The van der Waals surface area contributed by atoms with Crippen molar-refractivity contribution in [1.82, 2.24) is 9.80 Å². The Balaban J connectivity index is 2.19. The summed E-state index contributed by atoms with van der Waals surface area (Å²) in [5, 5.41) is 22.2. The highest BCUT2D eigenvalue weighted by molar-refractivity contribution is 6.46. The van der Waals surface area contributed by atoms with Gasteiger partial charge in [0, 0.05) is 30.8 Å². The summed E-state index contributed by atoms with van der Waals surface area (Å²) in [6.45, 7) is 4.47. The quantitative estimate of drug-likeness (QED) is 0.252. The van der Waals surface area contributed by atoms with Gasteiger partial charge in [0.25, 0.3) is 17.4 Å². The van der Waals surface area contributed by atoms with Crippen LogP contribution in [0.15, 0.2) is 48.0 Å². The molecule has 0 aliphatic carbocycles. The van der Waals surface area contributed by atoms with E-state index in [4.69, 9.17) is 0 Å². The summed E-state index contributed by atoms with van der Waals surface area (Å²) in [7, 11) is 3.71. The topological polar surface area (TPSA) is 104 Å². The predicted octanol–water partition coefficient (Wildman–Crippen LogP) is 3.19. The van der Waals surface area contributed by atoms with Gasteiger partial charge in [-0.1, -0.05) is 17.7 Å². The molecule has 1 unspecified atom stereocenters. The Morgan fingerprint density at radius 2 is 1.77 bits per heavy atom. The molecule has 0 aromatic heterocycles. The van der Waals surface area contributed by atoms with E-state index in [2.05, 4.69) is 0 Å².